The number of rotatable bonds is 2. The van der Waals surface area contributed by atoms with Gasteiger partial charge in [0, 0.05) is 10.9 Å². The highest BCUT2D eigenvalue weighted by Gasteiger charge is 2.21. The molecule has 0 saturated heterocycles. The molecule has 0 amide bonds. The van der Waals surface area contributed by atoms with Gasteiger partial charge in [0.2, 0.25) is 0 Å². The molecule has 1 aliphatic rings. The summed E-state index contributed by atoms with van der Waals surface area (Å²) in [5.41, 5.74) is 5.00. The molecular weight excluding hydrogens is 496 g/mol. The summed E-state index contributed by atoms with van der Waals surface area (Å²) < 4.78 is 49.5. The van der Waals surface area contributed by atoms with Crippen LogP contribution in [0.15, 0.2) is 145 Å². The molecule has 0 saturated carbocycles. The van der Waals surface area contributed by atoms with E-state index in [4.69, 9.17) is 11.6 Å². The molecule has 0 unspecified atom stereocenters. The summed E-state index contributed by atoms with van der Waals surface area (Å²) in [6.07, 6.45) is 0. The topological polar surface area (TPSA) is 9.23 Å². The first-order valence-corrected chi connectivity index (χ1v) is 13.7. The van der Waals surface area contributed by atoms with Gasteiger partial charge in [0.05, 0.1) is 6.85 Å². The second-order valence-electron chi connectivity index (χ2n) is 10.5. The normalized spacial score (nSPS) is 13.8. The van der Waals surface area contributed by atoms with Crippen molar-refractivity contribution < 1.29 is 11.6 Å². The SMILES string of the molecule is [2H]c1c([2H])c([2H])c(-c2c3cc(-c4ccc5c6c(cccc46)-c4ccccc4O5)ccc3cc3c2ccc2ccccc23)c([2H])c1[2H]. The molecule has 8 aromatic rings. The molecule has 0 spiro atoms. The van der Waals surface area contributed by atoms with E-state index in [9.17, 15) is 0 Å². The first-order chi connectivity index (χ1) is 22.4. The van der Waals surface area contributed by atoms with Crippen LogP contribution >= 0.6 is 0 Å². The highest BCUT2D eigenvalue weighted by atomic mass is 16.5. The molecular formula is C40H24O. The molecule has 0 aromatic heterocycles. The van der Waals surface area contributed by atoms with Gasteiger partial charge in [-0.15, -0.1) is 0 Å². The number of hydrogen-bond donors (Lipinski definition) is 0. The minimum atomic E-state index is -0.401. The average molecular weight is 526 g/mol. The Hall–Kier alpha value is -5.40. The summed E-state index contributed by atoms with van der Waals surface area (Å²) in [7, 11) is 0. The third-order valence-electron chi connectivity index (χ3n) is 8.32. The Balaban J connectivity index is 1.39. The van der Waals surface area contributed by atoms with Gasteiger partial charge < -0.3 is 4.74 Å². The summed E-state index contributed by atoms with van der Waals surface area (Å²) in [4.78, 5) is 0. The van der Waals surface area contributed by atoms with Gasteiger partial charge in [-0.05, 0) is 89.8 Å². The van der Waals surface area contributed by atoms with E-state index >= 15 is 0 Å². The zero-order chi connectivity index (χ0) is 31.3. The van der Waals surface area contributed by atoms with Crippen molar-refractivity contribution in [1.82, 2.24) is 0 Å². The molecule has 1 heterocycles. The van der Waals surface area contributed by atoms with Gasteiger partial charge in [0.15, 0.2) is 0 Å². The van der Waals surface area contributed by atoms with Gasteiger partial charge in [-0.3, -0.25) is 0 Å². The molecule has 9 rings (SSSR count). The van der Waals surface area contributed by atoms with Crippen molar-refractivity contribution in [2.24, 2.45) is 0 Å². The van der Waals surface area contributed by atoms with E-state index in [1.165, 1.54) is 0 Å². The van der Waals surface area contributed by atoms with Crippen LogP contribution in [-0.4, -0.2) is 0 Å². The molecule has 0 fully saturated rings. The number of hydrogen-bond acceptors (Lipinski definition) is 1. The summed E-state index contributed by atoms with van der Waals surface area (Å²) in [5.74, 6) is 1.65. The van der Waals surface area contributed by atoms with E-state index in [1.807, 2.05) is 48.5 Å². The van der Waals surface area contributed by atoms with Gasteiger partial charge in [0.1, 0.15) is 11.5 Å². The molecule has 41 heavy (non-hydrogen) atoms. The predicted octanol–water partition coefficient (Wildman–Crippen LogP) is 11.4. The Labute approximate surface area is 244 Å². The third-order valence-corrected chi connectivity index (χ3v) is 8.32. The zero-order valence-corrected chi connectivity index (χ0v) is 21.9. The van der Waals surface area contributed by atoms with E-state index in [0.717, 1.165) is 76.8 Å². The Morgan fingerprint density at radius 2 is 1.24 bits per heavy atom. The number of benzene rings is 8. The lowest BCUT2D eigenvalue weighted by Gasteiger charge is -2.22. The highest BCUT2D eigenvalue weighted by Crippen LogP contribution is 2.49. The molecule has 0 atom stereocenters. The van der Waals surface area contributed by atoms with Crippen molar-refractivity contribution in [3.8, 4) is 44.9 Å². The highest BCUT2D eigenvalue weighted by molar-refractivity contribution is 6.21. The fraction of sp³-hybridized carbons (Fsp3) is 0. The molecule has 190 valence electrons. The number of fused-ring (bicyclic) bond motifs is 6. The fourth-order valence-corrected chi connectivity index (χ4v) is 6.51. The Morgan fingerprint density at radius 3 is 2.20 bits per heavy atom. The molecule has 1 heteroatoms. The van der Waals surface area contributed by atoms with Crippen molar-refractivity contribution in [2.45, 2.75) is 0 Å². The number of ether oxygens (including phenoxy) is 1. The van der Waals surface area contributed by atoms with Crippen LogP contribution in [0, 0.1) is 0 Å². The summed E-state index contributed by atoms with van der Waals surface area (Å²) >= 11 is 0. The first-order valence-electron chi connectivity index (χ1n) is 16.2. The Morgan fingerprint density at radius 1 is 0.439 bits per heavy atom. The minimum Gasteiger partial charge on any atom is -0.456 e. The van der Waals surface area contributed by atoms with Crippen LogP contribution < -0.4 is 4.74 Å². The van der Waals surface area contributed by atoms with Crippen LogP contribution in [0.3, 0.4) is 0 Å². The lowest BCUT2D eigenvalue weighted by Crippen LogP contribution is -1.97. The summed E-state index contributed by atoms with van der Waals surface area (Å²) in [5, 5.41) is 7.78. The predicted molar refractivity (Wildman–Crippen MR) is 173 cm³/mol. The molecule has 8 aromatic carbocycles. The van der Waals surface area contributed by atoms with Crippen molar-refractivity contribution in [1.29, 1.82) is 0 Å². The Bertz CT molecular complexity index is 2600. The summed E-state index contributed by atoms with van der Waals surface area (Å²) in [6, 6.07) is 37.6. The molecule has 0 aliphatic carbocycles. The van der Waals surface area contributed by atoms with Gasteiger partial charge in [-0.25, -0.2) is 0 Å². The number of para-hydroxylation sites is 1. The smallest absolute Gasteiger partial charge is 0.135 e. The largest absolute Gasteiger partial charge is 0.456 e. The van der Waals surface area contributed by atoms with Crippen LogP contribution in [-0.2, 0) is 0 Å². The lowest BCUT2D eigenvalue weighted by molar-refractivity contribution is 0.487. The maximum Gasteiger partial charge on any atom is 0.135 e. The standard InChI is InChI=1S/C40H24O/c1-2-10-26(11-3-1)39-34-20-19-25-9-4-5-12-29(25)36(34)24-28-18-17-27(23-35(28)39)30-21-22-38-40-32(30)14-8-15-33(40)31-13-6-7-16-37(31)41-38/h1-24H/i1D,2D,3D,10D,11D. The lowest BCUT2D eigenvalue weighted by atomic mass is 9.87. The second kappa shape index (κ2) is 8.55. The van der Waals surface area contributed by atoms with Gasteiger partial charge in [0.25, 0.3) is 0 Å². The quantitative estimate of drug-likeness (QED) is 0.161. The molecule has 1 nitrogen and oxygen atoms in total. The monoisotopic (exact) mass is 525 g/mol. The maximum atomic E-state index is 8.96. The molecule has 0 radical (unpaired) electrons. The van der Waals surface area contributed by atoms with E-state index in [1.54, 1.807) is 0 Å². The van der Waals surface area contributed by atoms with Gasteiger partial charge in [-0.1, -0.05) is 121 Å². The zero-order valence-electron chi connectivity index (χ0n) is 26.9. The molecule has 0 bridgehead atoms. The van der Waals surface area contributed by atoms with Crippen LogP contribution in [0.5, 0.6) is 11.5 Å². The fourth-order valence-electron chi connectivity index (χ4n) is 6.51. The van der Waals surface area contributed by atoms with Crippen LogP contribution in [0.2, 0.25) is 0 Å². The van der Waals surface area contributed by atoms with Crippen molar-refractivity contribution in [3.63, 3.8) is 0 Å². The van der Waals surface area contributed by atoms with Crippen molar-refractivity contribution in [3.05, 3.63) is 145 Å². The molecule has 1 aliphatic heterocycles. The minimum absolute atomic E-state index is 0.205. The van der Waals surface area contributed by atoms with E-state index in [-0.39, 0.29) is 29.7 Å². The second-order valence-corrected chi connectivity index (χ2v) is 10.5. The van der Waals surface area contributed by atoms with Crippen LogP contribution in [0.25, 0.3) is 76.5 Å². The van der Waals surface area contributed by atoms with E-state index in [2.05, 4.69) is 66.7 Å². The summed E-state index contributed by atoms with van der Waals surface area (Å²) in [6.45, 7) is 0. The van der Waals surface area contributed by atoms with Crippen LogP contribution in [0.1, 0.15) is 6.85 Å². The average Bonchev–Trinajstić information content (AvgIpc) is 3.09. The first kappa shape index (κ1) is 18.0. The Kier molecular flexibility index (Phi) is 3.76. The third kappa shape index (κ3) is 3.30. The van der Waals surface area contributed by atoms with E-state index < -0.39 is 6.04 Å². The van der Waals surface area contributed by atoms with Crippen LogP contribution in [0.4, 0.5) is 0 Å². The van der Waals surface area contributed by atoms with Gasteiger partial charge in [-0.2, -0.15) is 0 Å². The van der Waals surface area contributed by atoms with Crippen molar-refractivity contribution >= 4 is 43.1 Å². The maximum absolute atomic E-state index is 8.96. The molecule has 0 N–H and O–H groups in total. The van der Waals surface area contributed by atoms with Gasteiger partial charge >= 0.3 is 0 Å². The van der Waals surface area contributed by atoms with Crippen molar-refractivity contribution in [2.75, 3.05) is 0 Å². The van der Waals surface area contributed by atoms with E-state index in [0.29, 0.717) is 5.56 Å².